The molecule has 3 N–H and O–H groups in total. The molecule has 0 aliphatic carbocycles. The number of aromatic nitrogens is 2. The van der Waals surface area contributed by atoms with Crippen molar-refractivity contribution in [2.24, 2.45) is 0 Å². The average molecular weight is 437 g/mol. The third-order valence-electron chi connectivity index (χ3n) is 5.81. The Hall–Kier alpha value is -3.55. The SMILES string of the molecule is CC(=N)N1CCC(Oc2cc3[nH]c(C)nc3c(C)c2OCc2cccc(C(=O)O)c2)CC1. The highest BCUT2D eigenvalue weighted by Gasteiger charge is 2.24. The molecule has 1 aromatic heterocycles. The summed E-state index contributed by atoms with van der Waals surface area (Å²) in [7, 11) is 0. The standard InChI is InChI=1S/C24H28N4O4/c1-14-22-20(26-16(3)27-22)12-21(32-19-7-9-28(10-8-19)15(2)25)23(14)31-13-17-5-4-6-18(11-17)24(29)30/h4-6,11-12,19,25H,7-10,13H2,1-3H3,(H,26,27)(H,29,30). The highest BCUT2D eigenvalue weighted by Crippen LogP contribution is 2.38. The summed E-state index contributed by atoms with van der Waals surface area (Å²) in [6, 6.07) is 8.66. The molecule has 4 rings (SSSR count). The number of aromatic carboxylic acids is 1. The van der Waals surface area contributed by atoms with Gasteiger partial charge in [0.1, 0.15) is 18.5 Å². The lowest BCUT2D eigenvalue weighted by molar-refractivity contribution is 0.0696. The molecular weight excluding hydrogens is 408 g/mol. The van der Waals surface area contributed by atoms with E-state index in [-0.39, 0.29) is 18.3 Å². The normalized spacial score (nSPS) is 14.5. The minimum Gasteiger partial charge on any atom is -0.486 e. The van der Waals surface area contributed by atoms with Gasteiger partial charge < -0.3 is 24.5 Å². The lowest BCUT2D eigenvalue weighted by atomic mass is 10.1. The number of benzene rings is 2. The van der Waals surface area contributed by atoms with Crippen molar-refractivity contribution in [2.45, 2.75) is 46.3 Å². The van der Waals surface area contributed by atoms with Crippen molar-refractivity contribution in [2.75, 3.05) is 13.1 Å². The van der Waals surface area contributed by atoms with Crippen LogP contribution in [0.5, 0.6) is 11.5 Å². The van der Waals surface area contributed by atoms with Crippen molar-refractivity contribution in [3.8, 4) is 11.5 Å². The van der Waals surface area contributed by atoms with Crippen LogP contribution in [0.15, 0.2) is 30.3 Å². The molecule has 168 valence electrons. The van der Waals surface area contributed by atoms with Crippen LogP contribution in [-0.4, -0.2) is 51.0 Å². The van der Waals surface area contributed by atoms with Gasteiger partial charge in [0, 0.05) is 37.6 Å². The zero-order valence-corrected chi connectivity index (χ0v) is 18.6. The summed E-state index contributed by atoms with van der Waals surface area (Å²) in [6.07, 6.45) is 1.69. The fourth-order valence-electron chi connectivity index (χ4n) is 4.09. The number of rotatable bonds is 6. The van der Waals surface area contributed by atoms with E-state index in [2.05, 4.69) is 14.9 Å². The Bertz CT molecular complexity index is 1160. The number of carboxylic acid groups (broad SMARTS) is 1. The summed E-state index contributed by atoms with van der Waals surface area (Å²) >= 11 is 0. The second-order valence-electron chi connectivity index (χ2n) is 8.23. The van der Waals surface area contributed by atoms with Gasteiger partial charge >= 0.3 is 5.97 Å². The third kappa shape index (κ3) is 4.54. The van der Waals surface area contributed by atoms with Crippen molar-refractivity contribution in [3.05, 3.63) is 52.8 Å². The van der Waals surface area contributed by atoms with Crippen LogP contribution in [0, 0.1) is 19.3 Å². The molecule has 8 heteroatoms. The zero-order valence-electron chi connectivity index (χ0n) is 18.6. The van der Waals surface area contributed by atoms with E-state index in [1.165, 1.54) is 0 Å². The first kappa shape index (κ1) is 21.7. The predicted octanol–water partition coefficient (Wildman–Crippen LogP) is 4.30. The van der Waals surface area contributed by atoms with Crippen LogP contribution < -0.4 is 9.47 Å². The number of hydrogen-bond donors (Lipinski definition) is 3. The van der Waals surface area contributed by atoms with Crippen LogP contribution in [0.2, 0.25) is 0 Å². The maximum atomic E-state index is 11.3. The molecule has 0 amide bonds. The molecule has 0 bridgehead atoms. The van der Waals surface area contributed by atoms with Gasteiger partial charge in [0.2, 0.25) is 0 Å². The van der Waals surface area contributed by atoms with Crippen molar-refractivity contribution in [1.82, 2.24) is 14.9 Å². The molecule has 0 spiro atoms. The summed E-state index contributed by atoms with van der Waals surface area (Å²) in [4.78, 5) is 21.2. The Morgan fingerprint density at radius 3 is 2.72 bits per heavy atom. The number of nitrogens with one attached hydrogen (secondary N) is 2. The first-order valence-electron chi connectivity index (χ1n) is 10.7. The number of nitrogens with zero attached hydrogens (tertiary/aromatic N) is 2. The molecular formula is C24H28N4O4. The first-order valence-corrected chi connectivity index (χ1v) is 10.7. The number of imidazole rings is 1. The Morgan fingerprint density at radius 2 is 2.03 bits per heavy atom. The minimum absolute atomic E-state index is 0.0316. The predicted molar refractivity (Wildman–Crippen MR) is 122 cm³/mol. The van der Waals surface area contributed by atoms with Crippen LogP contribution in [-0.2, 0) is 6.61 Å². The summed E-state index contributed by atoms with van der Waals surface area (Å²) < 4.78 is 12.6. The number of aryl methyl sites for hydroxylation is 2. The topological polar surface area (TPSA) is 112 Å². The molecule has 1 aliphatic rings. The van der Waals surface area contributed by atoms with E-state index >= 15 is 0 Å². The Balaban J connectivity index is 1.60. The smallest absolute Gasteiger partial charge is 0.335 e. The number of H-pyrrole nitrogens is 1. The molecule has 0 saturated carbocycles. The second kappa shape index (κ2) is 8.90. The van der Waals surface area contributed by atoms with E-state index in [9.17, 15) is 9.90 Å². The van der Waals surface area contributed by atoms with Gasteiger partial charge in [0.15, 0.2) is 11.5 Å². The van der Waals surface area contributed by atoms with Crippen LogP contribution in [0.3, 0.4) is 0 Å². The van der Waals surface area contributed by atoms with Crippen LogP contribution in [0.25, 0.3) is 11.0 Å². The van der Waals surface area contributed by atoms with Crippen LogP contribution >= 0.6 is 0 Å². The number of likely N-dealkylation sites (tertiary alicyclic amines) is 1. The van der Waals surface area contributed by atoms with E-state index in [4.69, 9.17) is 14.9 Å². The molecule has 1 fully saturated rings. The highest BCUT2D eigenvalue weighted by atomic mass is 16.5. The summed E-state index contributed by atoms with van der Waals surface area (Å²) in [5.74, 6) is 1.71. The lowest BCUT2D eigenvalue weighted by Gasteiger charge is -2.33. The second-order valence-corrected chi connectivity index (χ2v) is 8.23. The molecule has 32 heavy (non-hydrogen) atoms. The molecule has 8 nitrogen and oxygen atoms in total. The van der Waals surface area contributed by atoms with Gasteiger partial charge in [0.05, 0.1) is 22.4 Å². The number of carbonyl (C=O) groups is 1. The van der Waals surface area contributed by atoms with Gasteiger partial charge in [-0.15, -0.1) is 0 Å². The number of fused-ring (bicyclic) bond motifs is 1. The summed E-state index contributed by atoms with van der Waals surface area (Å²) in [5.41, 5.74) is 3.60. The lowest BCUT2D eigenvalue weighted by Crippen LogP contribution is -2.40. The maximum absolute atomic E-state index is 11.3. The molecule has 0 unspecified atom stereocenters. The Morgan fingerprint density at radius 1 is 1.28 bits per heavy atom. The number of hydrogen-bond acceptors (Lipinski definition) is 5. The third-order valence-corrected chi connectivity index (χ3v) is 5.81. The summed E-state index contributed by atoms with van der Waals surface area (Å²) in [5, 5.41) is 17.1. The van der Waals surface area contributed by atoms with Gasteiger partial charge in [-0.1, -0.05) is 12.1 Å². The Kier molecular flexibility index (Phi) is 6.03. The number of carboxylic acids is 1. The van der Waals surface area contributed by atoms with E-state index in [0.29, 0.717) is 17.3 Å². The van der Waals surface area contributed by atoms with E-state index in [1.54, 1.807) is 18.2 Å². The van der Waals surface area contributed by atoms with Crippen molar-refractivity contribution < 1.29 is 19.4 Å². The largest absolute Gasteiger partial charge is 0.486 e. The maximum Gasteiger partial charge on any atom is 0.335 e. The fraction of sp³-hybridized carbons (Fsp3) is 0.375. The van der Waals surface area contributed by atoms with Crippen LogP contribution in [0.1, 0.15) is 47.1 Å². The van der Waals surface area contributed by atoms with E-state index < -0.39 is 5.97 Å². The quantitative estimate of drug-likeness (QED) is 0.392. The molecule has 0 radical (unpaired) electrons. The molecule has 1 aliphatic heterocycles. The van der Waals surface area contributed by atoms with Gasteiger partial charge in [-0.3, -0.25) is 5.41 Å². The van der Waals surface area contributed by atoms with Crippen molar-refractivity contribution in [1.29, 1.82) is 5.41 Å². The van der Waals surface area contributed by atoms with Crippen molar-refractivity contribution in [3.63, 3.8) is 0 Å². The van der Waals surface area contributed by atoms with Gasteiger partial charge in [0.25, 0.3) is 0 Å². The summed E-state index contributed by atoms with van der Waals surface area (Å²) in [6.45, 7) is 7.49. The molecule has 1 saturated heterocycles. The van der Waals surface area contributed by atoms with E-state index in [1.807, 2.05) is 32.9 Å². The molecule has 0 atom stereocenters. The number of piperidine rings is 1. The van der Waals surface area contributed by atoms with Gasteiger partial charge in [-0.2, -0.15) is 0 Å². The molecule has 2 heterocycles. The van der Waals surface area contributed by atoms with Gasteiger partial charge in [-0.05, 0) is 38.5 Å². The fourth-order valence-corrected chi connectivity index (χ4v) is 4.09. The molecule has 3 aromatic rings. The van der Waals surface area contributed by atoms with Crippen molar-refractivity contribution >= 4 is 22.8 Å². The molecule has 2 aromatic carbocycles. The zero-order chi connectivity index (χ0) is 22.8. The number of ether oxygens (including phenoxy) is 2. The van der Waals surface area contributed by atoms with Gasteiger partial charge in [-0.25, -0.2) is 9.78 Å². The van der Waals surface area contributed by atoms with E-state index in [0.717, 1.165) is 53.9 Å². The highest BCUT2D eigenvalue weighted by molar-refractivity contribution is 5.87. The number of amidine groups is 1. The Labute approximate surface area is 186 Å². The van der Waals surface area contributed by atoms with Crippen LogP contribution in [0.4, 0.5) is 0 Å². The monoisotopic (exact) mass is 436 g/mol. The minimum atomic E-state index is -0.966. The number of aromatic amines is 1. The first-order chi connectivity index (χ1) is 15.3. The average Bonchev–Trinajstić information content (AvgIpc) is 3.14.